The van der Waals surface area contributed by atoms with Crippen LogP contribution in [0.25, 0.3) is 0 Å². The molecule has 0 aromatic heterocycles. The van der Waals surface area contributed by atoms with E-state index in [-0.39, 0.29) is 19.1 Å². The Bertz CT molecular complexity index is 336. The van der Waals surface area contributed by atoms with Gasteiger partial charge in [-0.2, -0.15) is 0 Å². The van der Waals surface area contributed by atoms with E-state index in [1.165, 1.54) is 0 Å². The molecule has 16 heavy (non-hydrogen) atoms. The van der Waals surface area contributed by atoms with Crippen LogP contribution in [0, 0.1) is 0 Å². The fourth-order valence-electron chi connectivity index (χ4n) is 1.20. The highest BCUT2D eigenvalue weighted by Crippen LogP contribution is 2.04. The van der Waals surface area contributed by atoms with E-state index in [4.69, 9.17) is 5.11 Å². The molecule has 0 radical (unpaired) electrons. The molecule has 1 aromatic carbocycles. The van der Waals surface area contributed by atoms with Gasteiger partial charge in [0.1, 0.15) is 0 Å². The van der Waals surface area contributed by atoms with Crippen LogP contribution in [0.15, 0.2) is 30.3 Å². The molecular formula is C12H18N2O2. The van der Waals surface area contributed by atoms with E-state index in [0.717, 1.165) is 5.69 Å². The first-order chi connectivity index (χ1) is 7.53. The fraction of sp³-hybridized carbons (Fsp3) is 0.417. The largest absolute Gasteiger partial charge is 0.394 e. The molecule has 1 rings (SSSR count). The molecule has 4 nitrogen and oxygen atoms in total. The maximum Gasteiger partial charge on any atom is 0.239 e. The minimum atomic E-state index is -0.574. The molecule has 1 amide bonds. The van der Waals surface area contributed by atoms with Gasteiger partial charge in [0.25, 0.3) is 0 Å². The van der Waals surface area contributed by atoms with Crippen molar-refractivity contribution in [3.8, 4) is 0 Å². The van der Waals surface area contributed by atoms with Crippen molar-refractivity contribution in [2.45, 2.75) is 19.4 Å². The predicted molar refractivity (Wildman–Crippen MR) is 64.2 cm³/mol. The third-order valence-electron chi connectivity index (χ3n) is 2.10. The van der Waals surface area contributed by atoms with Gasteiger partial charge in [0.2, 0.25) is 5.91 Å². The maximum absolute atomic E-state index is 11.5. The van der Waals surface area contributed by atoms with Crippen molar-refractivity contribution in [1.82, 2.24) is 5.32 Å². The molecule has 0 aliphatic heterocycles. The van der Waals surface area contributed by atoms with E-state index in [2.05, 4.69) is 10.6 Å². The number of benzene rings is 1. The number of carbonyl (C=O) groups excluding carboxylic acids is 1. The minimum Gasteiger partial charge on any atom is -0.394 e. The van der Waals surface area contributed by atoms with Crippen LogP contribution in [0.4, 0.5) is 5.69 Å². The molecule has 1 aromatic rings. The Morgan fingerprint density at radius 2 is 1.94 bits per heavy atom. The molecule has 0 spiro atoms. The number of hydrogen-bond acceptors (Lipinski definition) is 3. The number of para-hydroxylation sites is 1. The molecule has 0 aliphatic rings. The fourth-order valence-corrected chi connectivity index (χ4v) is 1.20. The van der Waals surface area contributed by atoms with Crippen LogP contribution in [0.1, 0.15) is 13.8 Å². The van der Waals surface area contributed by atoms with Crippen LogP contribution in [0.3, 0.4) is 0 Å². The van der Waals surface area contributed by atoms with E-state index in [1.807, 2.05) is 30.3 Å². The molecule has 0 saturated heterocycles. The summed E-state index contributed by atoms with van der Waals surface area (Å²) >= 11 is 0. The maximum atomic E-state index is 11.5. The Kier molecular flexibility index (Phi) is 4.31. The van der Waals surface area contributed by atoms with E-state index in [1.54, 1.807) is 13.8 Å². The van der Waals surface area contributed by atoms with Crippen LogP contribution < -0.4 is 10.6 Å². The minimum absolute atomic E-state index is 0.0793. The van der Waals surface area contributed by atoms with E-state index >= 15 is 0 Å². The summed E-state index contributed by atoms with van der Waals surface area (Å²) < 4.78 is 0. The number of rotatable bonds is 5. The molecule has 0 atom stereocenters. The normalized spacial score (nSPS) is 10.9. The standard InChI is InChI=1S/C12H18N2O2/c1-12(2,9-15)14-11(16)8-13-10-6-4-3-5-7-10/h3-7,13,15H,8-9H2,1-2H3,(H,14,16). The van der Waals surface area contributed by atoms with Gasteiger partial charge >= 0.3 is 0 Å². The highest BCUT2D eigenvalue weighted by molar-refractivity contribution is 5.81. The monoisotopic (exact) mass is 222 g/mol. The number of nitrogens with one attached hydrogen (secondary N) is 2. The Hall–Kier alpha value is -1.55. The van der Waals surface area contributed by atoms with Crippen molar-refractivity contribution in [3.63, 3.8) is 0 Å². The van der Waals surface area contributed by atoms with Gasteiger partial charge in [-0.05, 0) is 26.0 Å². The van der Waals surface area contributed by atoms with Crippen LogP contribution in [-0.4, -0.2) is 29.7 Å². The molecular weight excluding hydrogens is 204 g/mol. The van der Waals surface area contributed by atoms with Crippen LogP contribution in [-0.2, 0) is 4.79 Å². The summed E-state index contributed by atoms with van der Waals surface area (Å²) in [6.07, 6.45) is 0. The van der Waals surface area contributed by atoms with Gasteiger partial charge in [0.05, 0.1) is 18.7 Å². The van der Waals surface area contributed by atoms with Crippen molar-refractivity contribution in [2.75, 3.05) is 18.5 Å². The number of aliphatic hydroxyl groups excluding tert-OH is 1. The summed E-state index contributed by atoms with van der Waals surface area (Å²) in [6.45, 7) is 3.67. The smallest absolute Gasteiger partial charge is 0.239 e. The lowest BCUT2D eigenvalue weighted by atomic mass is 10.1. The predicted octanol–water partition coefficient (Wildman–Crippen LogP) is 0.986. The quantitative estimate of drug-likeness (QED) is 0.696. The lowest BCUT2D eigenvalue weighted by Crippen LogP contribution is -2.48. The van der Waals surface area contributed by atoms with Gasteiger partial charge in [-0.3, -0.25) is 4.79 Å². The van der Waals surface area contributed by atoms with Crippen LogP contribution in [0.5, 0.6) is 0 Å². The average Bonchev–Trinajstić information content (AvgIpc) is 2.27. The van der Waals surface area contributed by atoms with Crippen molar-refractivity contribution >= 4 is 11.6 Å². The van der Waals surface area contributed by atoms with Crippen molar-refractivity contribution in [2.24, 2.45) is 0 Å². The highest BCUT2D eigenvalue weighted by Gasteiger charge is 2.18. The molecule has 0 unspecified atom stereocenters. The highest BCUT2D eigenvalue weighted by atomic mass is 16.3. The molecule has 4 heteroatoms. The van der Waals surface area contributed by atoms with Gasteiger partial charge in [0, 0.05) is 5.69 Å². The molecule has 88 valence electrons. The van der Waals surface area contributed by atoms with E-state index in [0.29, 0.717) is 0 Å². The first-order valence-electron chi connectivity index (χ1n) is 5.24. The average molecular weight is 222 g/mol. The van der Waals surface area contributed by atoms with E-state index in [9.17, 15) is 4.79 Å². The molecule has 0 heterocycles. The van der Waals surface area contributed by atoms with Gasteiger partial charge in [-0.25, -0.2) is 0 Å². The van der Waals surface area contributed by atoms with Crippen molar-refractivity contribution < 1.29 is 9.90 Å². The van der Waals surface area contributed by atoms with Gasteiger partial charge in [-0.15, -0.1) is 0 Å². The lowest BCUT2D eigenvalue weighted by Gasteiger charge is -2.23. The second-order valence-electron chi connectivity index (χ2n) is 4.31. The summed E-state index contributed by atoms with van der Waals surface area (Å²) in [7, 11) is 0. The Labute approximate surface area is 95.7 Å². The van der Waals surface area contributed by atoms with Crippen LogP contribution in [0.2, 0.25) is 0 Å². The summed E-state index contributed by atoms with van der Waals surface area (Å²) in [6, 6.07) is 9.50. The zero-order valence-corrected chi connectivity index (χ0v) is 9.66. The Morgan fingerprint density at radius 3 is 2.50 bits per heavy atom. The first kappa shape index (κ1) is 12.5. The molecule has 0 saturated carbocycles. The number of aliphatic hydroxyl groups is 1. The first-order valence-corrected chi connectivity index (χ1v) is 5.24. The van der Waals surface area contributed by atoms with Gasteiger partial charge < -0.3 is 15.7 Å². The van der Waals surface area contributed by atoms with Crippen molar-refractivity contribution in [1.29, 1.82) is 0 Å². The Morgan fingerprint density at radius 1 is 1.31 bits per heavy atom. The third kappa shape index (κ3) is 4.31. The SMILES string of the molecule is CC(C)(CO)NC(=O)CNc1ccccc1. The Balaban J connectivity index is 2.36. The topological polar surface area (TPSA) is 61.4 Å². The van der Waals surface area contributed by atoms with Gasteiger partial charge in [-0.1, -0.05) is 18.2 Å². The summed E-state index contributed by atoms with van der Waals surface area (Å²) in [5.41, 5.74) is 0.328. The van der Waals surface area contributed by atoms with Crippen LogP contribution >= 0.6 is 0 Å². The number of anilines is 1. The zero-order chi connectivity index (χ0) is 12.0. The molecule has 0 aliphatic carbocycles. The lowest BCUT2D eigenvalue weighted by molar-refractivity contribution is -0.121. The molecule has 0 fully saturated rings. The number of carbonyl (C=O) groups is 1. The third-order valence-corrected chi connectivity index (χ3v) is 2.10. The van der Waals surface area contributed by atoms with E-state index < -0.39 is 5.54 Å². The second-order valence-corrected chi connectivity index (χ2v) is 4.31. The number of hydrogen-bond donors (Lipinski definition) is 3. The summed E-state index contributed by atoms with van der Waals surface area (Å²) in [5.74, 6) is -0.136. The molecule has 0 bridgehead atoms. The summed E-state index contributed by atoms with van der Waals surface area (Å²) in [4.78, 5) is 11.5. The van der Waals surface area contributed by atoms with Gasteiger partial charge in [0.15, 0.2) is 0 Å². The number of amides is 1. The second kappa shape index (κ2) is 5.51. The summed E-state index contributed by atoms with van der Waals surface area (Å²) in [5, 5.41) is 14.7. The molecule has 3 N–H and O–H groups in total. The zero-order valence-electron chi connectivity index (χ0n) is 9.66. The van der Waals surface area contributed by atoms with Crippen molar-refractivity contribution in [3.05, 3.63) is 30.3 Å².